The van der Waals surface area contributed by atoms with Crippen molar-refractivity contribution < 1.29 is 0 Å². The van der Waals surface area contributed by atoms with Crippen molar-refractivity contribution in [2.24, 2.45) is 0 Å². The first-order valence-electron chi connectivity index (χ1n) is 5.27. The van der Waals surface area contributed by atoms with Gasteiger partial charge in [0.1, 0.15) is 0 Å². The van der Waals surface area contributed by atoms with Crippen molar-refractivity contribution in [2.45, 2.75) is 9.79 Å². The topological polar surface area (TPSA) is 38.0 Å². The lowest BCUT2D eigenvalue weighted by molar-refractivity contribution is 1.39. The van der Waals surface area contributed by atoms with Crippen LogP contribution in [0.2, 0.25) is 0 Å². The predicted molar refractivity (Wildman–Crippen MR) is 78.6 cm³/mol. The summed E-state index contributed by atoms with van der Waals surface area (Å²) in [6, 6.07) is 16.1. The summed E-state index contributed by atoms with van der Waals surface area (Å²) in [6.45, 7) is 0. The fourth-order valence-corrected chi connectivity index (χ4v) is 3.69. The lowest BCUT2D eigenvalue weighted by atomic mass is 10.3. The molecule has 0 fully saturated rings. The number of para-hydroxylation sites is 2. The Balaban J connectivity index is 2.10. The summed E-state index contributed by atoms with van der Waals surface area (Å²) in [5.41, 5.74) is 7.87. The summed E-state index contributed by atoms with van der Waals surface area (Å²) >= 11 is 0. The van der Waals surface area contributed by atoms with Crippen molar-refractivity contribution in [2.75, 3.05) is 18.1 Å². The van der Waals surface area contributed by atoms with Crippen molar-refractivity contribution in [3.05, 3.63) is 48.5 Å². The summed E-state index contributed by atoms with van der Waals surface area (Å²) in [6.07, 6.45) is 0. The molecule has 0 spiro atoms. The molecule has 0 radical (unpaired) electrons. The molecule has 0 aliphatic heterocycles. The maximum absolute atomic E-state index is 5.91. The van der Waals surface area contributed by atoms with Gasteiger partial charge in [-0.25, -0.2) is 0 Å². The summed E-state index contributed by atoms with van der Waals surface area (Å²) in [4.78, 5) is 2.31. The fraction of sp³-hybridized carbons (Fsp3) is 0.0769. The number of nitrogen functional groups attached to an aromatic ring is 1. The number of hydrogen-bond donors (Lipinski definition) is 2. The molecular weight excluding hydrogens is 248 g/mol. The molecule has 17 heavy (non-hydrogen) atoms. The van der Waals surface area contributed by atoms with E-state index in [0.29, 0.717) is 0 Å². The molecule has 3 N–H and O–H groups in total. The van der Waals surface area contributed by atoms with Gasteiger partial charge in [0, 0.05) is 28.2 Å². The van der Waals surface area contributed by atoms with Crippen LogP contribution in [-0.2, 0) is 0 Å². The number of benzene rings is 2. The molecular formula is C13H14N2S2. The van der Waals surface area contributed by atoms with Crippen LogP contribution in [-0.4, -0.2) is 7.05 Å². The van der Waals surface area contributed by atoms with Crippen LogP contribution in [0.3, 0.4) is 0 Å². The van der Waals surface area contributed by atoms with Gasteiger partial charge in [-0.15, -0.1) is 0 Å². The highest BCUT2D eigenvalue weighted by Crippen LogP contribution is 2.42. The minimum absolute atomic E-state index is 0.826. The summed E-state index contributed by atoms with van der Waals surface area (Å²) < 4.78 is 0. The Morgan fingerprint density at radius 1 is 0.882 bits per heavy atom. The van der Waals surface area contributed by atoms with Gasteiger partial charge >= 0.3 is 0 Å². The molecule has 2 nitrogen and oxygen atoms in total. The first-order chi connectivity index (χ1) is 8.31. The van der Waals surface area contributed by atoms with Crippen LogP contribution in [0.25, 0.3) is 0 Å². The Morgan fingerprint density at radius 2 is 1.47 bits per heavy atom. The Bertz CT molecular complexity index is 500. The van der Waals surface area contributed by atoms with Crippen molar-refractivity contribution in [3.63, 3.8) is 0 Å². The van der Waals surface area contributed by atoms with Crippen molar-refractivity contribution in [3.8, 4) is 0 Å². The highest BCUT2D eigenvalue weighted by molar-refractivity contribution is 8.76. The van der Waals surface area contributed by atoms with Crippen LogP contribution >= 0.6 is 21.6 Å². The van der Waals surface area contributed by atoms with Crippen molar-refractivity contribution in [1.29, 1.82) is 0 Å². The third kappa shape index (κ3) is 3.11. The lowest BCUT2D eigenvalue weighted by Gasteiger charge is -2.08. The van der Waals surface area contributed by atoms with Crippen LogP contribution in [0.1, 0.15) is 0 Å². The van der Waals surface area contributed by atoms with Crippen LogP contribution in [0.15, 0.2) is 58.3 Å². The molecule has 0 saturated heterocycles. The number of anilines is 2. The molecule has 0 aromatic heterocycles. The highest BCUT2D eigenvalue weighted by atomic mass is 33.1. The predicted octanol–water partition coefficient (Wildman–Crippen LogP) is 4.11. The molecule has 4 heteroatoms. The number of rotatable bonds is 4. The molecule has 0 bridgehead atoms. The summed E-state index contributed by atoms with van der Waals surface area (Å²) in [7, 11) is 5.33. The van der Waals surface area contributed by atoms with E-state index in [0.717, 1.165) is 16.3 Å². The van der Waals surface area contributed by atoms with E-state index in [9.17, 15) is 0 Å². The Hall–Kier alpha value is -1.26. The quantitative estimate of drug-likeness (QED) is 0.642. The lowest BCUT2D eigenvalue weighted by Crippen LogP contribution is -1.89. The molecule has 0 unspecified atom stereocenters. The van der Waals surface area contributed by atoms with Gasteiger partial charge in [0.05, 0.1) is 0 Å². The average molecular weight is 262 g/mol. The normalized spacial score (nSPS) is 10.2. The zero-order valence-electron chi connectivity index (χ0n) is 9.51. The van der Waals surface area contributed by atoms with Crippen molar-refractivity contribution in [1.82, 2.24) is 0 Å². The molecule has 2 aromatic rings. The third-order valence-electron chi connectivity index (χ3n) is 2.30. The van der Waals surface area contributed by atoms with Crippen LogP contribution in [0.4, 0.5) is 11.4 Å². The second-order valence-corrected chi connectivity index (χ2v) is 5.66. The van der Waals surface area contributed by atoms with Gasteiger partial charge in [0.15, 0.2) is 0 Å². The molecule has 2 rings (SSSR count). The van der Waals surface area contributed by atoms with Crippen molar-refractivity contribution >= 4 is 33.0 Å². The van der Waals surface area contributed by atoms with Gasteiger partial charge in [0.25, 0.3) is 0 Å². The molecule has 0 saturated carbocycles. The average Bonchev–Trinajstić information content (AvgIpc) is 2.38. The summed E-state index contributed by atoms with van der Waals surface area (Å²) in [5, 5.41) is 3.18. The molecule has 0 aliphatic carbocycles. The molecule has 88 valence electrons. The van der Waals surface area contributed by atoms with Crippen LogP contribution < -0.4 is 11.1 Å². The monoisotopic (exact) mass is 262 g/mol. The van der Waals surface area contributed by atoms with E-state index in [1.807, 2.05) is 43.4 Å². The minimum Gasteiger partial charge on any atom is -0.398 e. The molecule has 2 aromatic carbocycles. The standard InChI is InChI=1S/C13H14N2S2/c1-15-11-7-3-5-9-13(11)17-16-12-8-4-2-6-10(12)14/h2-9,15H,14H2,1H3. The number of nitrogens with one attached hydrogen (secondary N) is 1. The van der Waals surface area contributed by atoms with Gasteiger partial charge in [-0.3, -0.25) is 0 Å². The Kier molecular flexibility index (Phi) is 4.23. The van der Waals surface area contributed by atoms with E-state index in [4.69, 9.17) is 5.73 Å². The van der Waals surface area contributed by atoms with E-state index in [1.165, 1.54) is 4.90 Å². The Morgan fingerprint density at radius 3 is 2.18 bits per heavy atom. The van der Waals surface area contributed by atoms with Gasteiger partial charge < -0.3 is 11.1 Å². The van der Waals surface area contributed by atoms with Gasteiger partial charge in [-0.05, 0) is 24.3 Å². The fourth-order valence-electron chi connectivity index (χ4n) is 1.39. The van der Waals surface area contributed by atoms with E-state index >= 15 is 0 Å². The zero-order chi connectivity index (χ0) is 12.1. The van der Waals surface area contributed by atoms with Gasteiger partial charge in [-0.1, -0.05) is 45.9 Å². The van der Waals surface area contributed by atoms with Gasteiger partial charge in [-0.2, -0.15) is 0 Å². The molecule has 0 amide bonds. The third-order valence-corrected chi connectivity index (χ3v) is 4.79. The number of nitrogens with two attached hydrogens (primary N) is 1. The van der Waals surface area contributed by atoms with Crippen LogP contribution in [0.5, 0.6) is 0 Å². The summed E-state index contributed by atoms with van der Waals surface area (Å²) in [5.74, 6) is 0. The minimum atomic E-state index is 0.826. The maximum Gasteiger partial charge on any atom is 0.0484 e. The van der Waals surface area contributed by atoms with E-state index in [-0.39, 0.29) is 0 Å². The first kappa shape index (κ1) is 12.2. The van der Waals surface area contributed by atoms with E-state index < -0.39 is 0 Å². The maximum atomic E-state index is 5.91. The largest absolute Gasteiger partial charge is 0.398 e. The van der Waals surface area contributed by atoms with E-state index in [2.05, 4.69) is 17.4 Å². The van der Waals surface area contributed by atoms with Gasteiger partial charge in [0.2, 0.25) is 0 Å². The highest BCUT2D eigenvalue weighted by Gasteiger charge is 2.03. The SMILES string of the molecule is CNc1ccccc1SSc1ccccc1N. The van der Waals surface area contributed by atoms with E-state index in [1.54, 1.807) is 21.6 Å². The molecule has 0 heterocycles. The number of hydrogen-bond acceptors (Lipinski definition) is 4. The zero-order valence-corrected chi connectivity index (χ0v) is 11.1. The second-order valence-electron chi connectivity index (χ2n) is 3.45. The molecule has 0 aliphatic rings. The van der Waals surface area contributed by atoms with Crippen LogP contribution in [0, 0.1) is 0 Å². The second kappa shape index (κ2) is 5.89. The first-order valence-corrected chi connectivity index (χ1v) is 7.42. The Labute approximate surface area is 109 Å². The smallest absolute Gasteiger partial charge is 0.0484 e. The molecule has 0 atom stereocenters.